The molecule has 0 saturated heterocycles. The molecule has 0 aliphatic rings. The molecule has 2 aromatic heterocycles. The van der Waals surface area contributed by atoms with E-state index in [0.717, 1.165) is 21.9 Å². The van der Waals surface area contributed by atoms with Gasteiger partial charge in [0.1, 0.15) is 0 Å². The number of anilines is 1. The fourth-order valence-electron chi connectivity index (χ4n) is 3.43. The minimum Gasteiger partial charge on any atom is -0.434 e. The van der Waals surface area contributed by atoms with E-state index < -0.39 is 0 Å². The average molecular weight is 379 g/mol. The molecule has 5 aromatic rings. The molecule has 0 fully saturated rings. The molecule has 0 saturated carbocycles. The molecule has 1 N–H and O–H groups in total. The minimum atomic E-state index is -0.139. The molecule has 0 aliphatic carbocycles. The summed E-state index contributed by atoms with van der Waals surface area (Å²) in [4.78, 5) is 21.4. The van der Waals surface area contributed by atoms with Crippen molar-refractivity contribution < 1.29 is 9.21 Å². The Morgan fingerprint density at radius 1 is 0.897 bits per heavy atom. The number of oxazole rings is 1. The van der Waals surface area contributed by atoms with Gasteiger partial charge in [0, 0.05) is 23.0 Å². The summed E-state index contributed by atoms with van der Waals surface area (Å²) in [5.74, 6) is 0.362. The van der Waals surface area contributed by atoms with Crippen molar-refractivity contribution in [2.24, 2.45) is 0 Å². The van der Waals surface area contributed by atoms with Gasteiger partial charge in [0.2, 0.25) is 5.89 Å². The number of benzene rings is 3. The lowest BCUT2D eigenvalue weighted by Gasteiger charge is -2.10. The van der Waals surface area contributed by atoms with Crippen LogP contribution in [-0.2, 0) is 0 Å². The van der Waals surface area contributed by atoms with E-state index >= 15 is 0 Å². The zero-order valence-electron chi connectivity index (χ0n) is 15.7. The number of aromatic nitrogens is 2. The largest absolute Gasteiger partial charge is 0.434 e. The molecule has 0 atom stereocenters. The van der Waals surface area contributed by atoms with Crippen LogP contribution in [0.2, 0.25) is 0 Å². The van der Waals surface area contributed by atoms with Gasteiger partial charge in [-0.25, -0.2) is 4.98 Å². The molecule has 29 heavy (non-hydrogen) atoms. The molecular formula is C24H17N3O2. The molecule has 5 heteroatoms. The van der Waals surface area contributed by atoms with Crippen LogP contribution < -0.4 is 5.32 Å². The summed E-state index contributed by atoms with van der Waals surface area (Å²) in [5.41, 5.74) is 4.55. The van der Waals surface area contributed by atoms with E-state index in [2.05, 4.69) is 15.3 Å². The smallest absolute Gasteiger partial charge is 0.256 e. The lowest BCUT2D eigenvalue weighted by Crippen LogP contribution is -2.12. The zero-order chi connectivity index (χ0) is 19.8. The highest BCUT2D eigenvalue weighted by atomic mass is 16.3. The summed E-state index contributed by atoms with van der Waals surface area (Å²) >= 11 is 0. The van der Waals surface area contributed by atoms with Crippen molar-refractivity contribution in [1.29, 1.82) is 0 Å². The highest BCUT2D eigenvalue weighted by Crippen LogP contribution is 2.26. The number of fused-ring (bicyclic) bond motifs is 2. The number of aryl methyl sites for hydroxylation is 1. The van der Waals surface area contributed by atoms with Crippen molar-refractivity contribution in [2.45, 2.75) is 6.92 Å². The standard InChI is InChI=1S/C24H17N3O2/c1-15-8-13-20(19-6-3-2-5-18(15)19)23(28)26-17-11-9-16(10-12-17)24-27-22-21(29-24)7-4-14-25-22/h2-14H,1H3,(H,26,28). The topological polar surface area (TPSA) is 68.0 Å². The van der Waals surface area contributed by atoms with Gasteiger partial charge in [0.15, 0.2) is 11.2 Å². The summed E-state index contributed by atoms with van der Waals surface area (Å²) in [5, 5.41) is 5.00. The SMILES string of the molecule is Cc1ccc(C(=O)Nc2ccc(-c3nc4ncccc4o3)cc2)c2ccccc12. The van der Waals surface area contributed by atoms with Crippen molar-refractivity contribution in [3.8, 4) is 11.5 Å². The molecular weight excluding hydrogens is 362 g/mol. The summed E-state index contributed by atoms with van der Waals surface area (Å²) in [7, 11) is 0. The number of pyridine rings is 1. The normalized spacial score (nSPS) is 11.1. The second-order valence-electron chi connectivity index (χ2n) is 6.85. The summed E-state index contributed by atoms with van der Waals surface area (Å²) in [6.45, 7) is 2.05. The molecule has 0 unspecified atom stereocenters. The van der Waals surface area contributed by atoms with E-state index in [9.17, 15) is 4.79 Å². The molecule has 0 radical (unpaired) electrons. The highest BCUT2D eigenvalue weighted by Gasteiger charge is 2.12. The molecule has 0 spiro atoms. The van der Waals surface area contributed by atoms with E-state index in [4.69, 9.17) is 4.42 Å². The van der Waals surface area contributed by atoms with Gasteiger partial charge in [-0.1, -0.05) is 30.3 Å². The van der Waals surface area contributed by atoms with Crippen LogP contribution in [0.3, 0.4) is 0 Å². The number of hydrogen-bond acceptors (Lipinski definition) is 4. The van der Waals surface area contributed by atoms with Crippen molar-refractivity contribution in [1.82, 2.24) is 9.97 Å². The number of hydrogen-bond donors (Lipinski definition) is 1. The molecule has 3 aromatic carbocycles. The predicted octanol–water partition coefficient (Wildman–Crippen LogP) is 5.60. The Hall–Kier alpha value is -3.99. The Morgan fingerprint density at radius 3 is 2.48 bits per heavy atom. The molecule has 2 heterocycles. The summed E-state index contributed by atoms with van der Waals surface area (Å²) < 4.78 is 5.74. The van der Waals surface area contributed by atoms with Gasteiger partial charge in [-0.05, 0) is 65.7 Å². The fraction of sp³-hybridized carbons (Fsp3) is 0.0417. The van der Waals surface area contributed by atoms with Gasteiger partial charge in [0.25, 0.3) is 5.91 Å². The second kappa shape index (κ2) is 6.87. The van der Waals surface area contributed by atoms with E-state index in [-0.39, 0.29) is 5.91 Å². The Morgan fingerprint density at radius 2 is 1.69 bits per heavy atom. The van der Waals surface area contributed by atoms with Crippen LogP contribution in [0.15, 0.2) is 83.4 Å². The van der Waals surface area contributed by atoms with Crippen molar-refractivity contribution in [3.05, 3.63) is 90.1 Å². The number of amides is 1. The Balaban J connectivity index is 1.41. The maximum Gasteiger partial charge on any atom is 0.256 e. The van der Waals surface area contributed by atoms with Crippen LogP contribution in [0.25, 0.3) is 33.5 Å². The van der Waals surface area contributed by atoms with Crippen LogP contribution in [0.4, 0.5) is 5.69 Å². The van der Waals surface area contributed by atoms with Crippen LogP contribution in [0.5, 0.6) is 0 Å². The third-order valence-electron chi connectivity index (χ3n) is 4.94. The third kappa shape index (κ3) is 3.12. The van der Waals surface area contributed by atoms with E-state index in [1.807, 2.05) is 79.7 Å². The number of carbonyl (C=O) groups is 1. The molecule has 5 nitrogen and oxygen atoms in total. The molecule has 5 rings (SSSR count). The maximum absolute atomic E-state index is 12.9. The first-order chi connectivity index (χ1) is 14.2. The lowest BCUT2D eigenvalue weighted by molar-refractivity contribution is 0.102. The predicted molar refractivity (Wildman–Crippen MR) is 114 cm³/mol. The number of rotatable bonds is 3. The Kier molecular flexibility index (Phi) is 4.06. The fourth-order valence-corrected chi connectivity index (χ4v) is 3.43. The van der Waals surface area contributed by atoms with Crippen LogP contribution in [0.1, 0.15) is 15.9 Å². The molecule has 140 valence electrons. The quantitative estimate of drug-likeness (QED) is 0.443. The van der Waals surface area contributed by atoms with Crippen LogP contribution in [-0.4, -0.2) is 15.9 Å². The van der Waals surface area contributed by atoms with Gasteiger partial charge in [0.05, 0.1) is 0 Å². The monoisotopic (exact) mass is 379 g/mol. The van der Waals surface area contributed by atoms with E-state index in [1.54, 1.807) is 6.20 Å². The molecule has 0 bridgehead atoms. The van der Waals surface area contributed by atoms with Gasteiger partial charge >= 0.3 is 0 Å². The Labute approximate surface area is 167 Å². The number of nitrogens with zero attached hydrogens (tertiary/aromatic N) is 2. The minimum absolute atomic E-state index is 0.139. The number of nitrogens with one attached hydrogen (secondary N) is 1. The van der Waals surface area contributed by atoms with Gasteiger partial charge < -0.3 is 9.73 Å². The second-order valence-corrected chi connectivity index (χ2v) is 6.85. The average Bonchev–Trinajstić information content (AvgIpc) is 3.19. The van der Waals surface area contributed by atoms with E-state index in [0.29, 0.717) is 28.4 Å². The lowest BCUT2D eigenvalue weighted by atomic mass is 10.00. The van der Waals surface area contributed by atoms with Crippen LogP contribution >= 0.6 is 0 Å². The summed E-state index contributed by atoms with van der Waals surface area (Å²) in [6.07, 6.45) is 1.68. The van der Waals surface area contributed by atoms with Gasteiger partial charge in [-0.15, -0.1) is 0 Å². The first-order valence-corrected chi connectivity index (χ1v) is 9.31. The first kappa shape index (κ1) is 17.1. The van der Waals surface area contributed by atoms with Crippen molar-refractivity contribution in [3.63, 3.8) is 0 Å². The third-order valence-corrected chi connectivity index (χ3v) is 4.94. The zero-order valence-corrected chi connectivity index (χ0v) is 15.7. The Bertz CT molecular complexity index is 1320. The first-order valence-electron chi connectivity index (χ1n) is 9.31. The van der Waals surface area contributed by atoms with Crippen molar-refractivity contribution >= 4 is 33.6 Å². The molecule has 0 aliphatic heterocycles. The van der Waals surface area contributed by atoms with E-state index in [1.165, 1.54) is 0 Å². The van der Waals surface area contributed by atoms with Gasteiger partial charge in [-0.2, -0.15) is 4.98 Å². The summed E-state index contributed by atoms with van der Waals surface area (Å²) in [6, 6.07) is 22.8. The van der Waals surface area contributed by atoms with Gasteiger partial charge in [-0.3, -0.25) is 4.79 Å². The highest BCUT2D eigenvalue weighted by molar-refractivity contribution is 6.13. The number of carbonyl (C=O) groups excluding carboxylic acids is 1. The molecule has 1 amide bonds. The van der Waals surface area contributed by atoms with Crippen LogP contribution in [0, 0.1) is 6.92 Å². The maximum atomic E-state index is 12.9. The van der Waals surface area contributed by atoms with Crippen molar-refractivity contribution in [2.75, 3.05) is 5.32 Å².